The normalized spacial score (nSPS) is 15.3. The molecule has 0 unspecified atom stereocenters. The van der Waals surface area contributed by atoms with E-state index in [1.807, 2.05) is 24.3 Å². The van der Waals surface area contributed by atoms with Crippen LogP contribution in [0.15, 0.2) is 42.5 Å². The van der Waals surface area contributed by atoms with Gasteiger partial charge in [0, 0.05) is 24.7 Å². The van der Waals surface area contributed by atoms with Crippen LogP contribution >= 0.6 is 11.3 Å². The second kappa shape index (κ2) is 7.64. The number of thiazole rings is 1. The van der Waals surface area contributed by atoms with Gasteiger partial charge in [0.2, 0.25) is 5.91 Å². The van der Waals surface area contributed by atoms with Crippen molar-refractivity contribution < 1.29 is 9.18 Å². The molecular formula is C21H22FN3OS. The molecule has 1 N–H and O–H groups in total. The average molecular weight is 383 g/mol. The van der Waals surface area contributed by atoms with Crippen molar-refractivity contribution >= 4 is 38.3 Å². The highest BCUT2D eigenvalue weighted by molar-refractivity contribution is 7.22. The van der Waals surface area contributed by atoms with Crippen LogP contribution in [-0.2, 0) is 11.2 Å². The number of anilines is 2. The lowest BCUT2D eigenvalue weighted by Gasteiger charge is -2.31. The van der Waals surface area contributed by atoms with E-state index in [0.717, 1.165) is 59.0 Å². The molecule has 3 aromatic rings. The fourth-order valence-corrected chi connectivity index (χ4v) is 4.58. The Balaban J connectivity index is 1.40. The van der Waals surface area contributed by atoms with E-state index >= 15 is 0 Å². The SMILES string of the molecule is CCc1ccccc1NC(=O)C1CCN(c2nc3ccc(F)cc3s2)CC1. The first-order chi connectivity index (χ1) is 13.1. The Kier molecular flexibility index (Phi) is 5.07. The van der Waals surface area contributed by atoms with Crippen molar-refractivity contribution in [3.05, 3.63) is 53.8 Å². The van der Waals surface area contributed by atoms with Crippen LogP contribution in [0.5, 0.6) is 0 Å². The van der Waals surface area contributed by atoms with E-state index in [1.165, 1.54) is 23.5 Å². The molecule has 0 aliphatic carbocycles. The molecule has 2 heterocycles. The van der Waals surface area contributed by atoms with Crippen LogP contribution in [0, 0.1) is 11.7 Å². The summed E-state index contributed by atoms with van der Waals surface area (Å²) in [5.74, 6) is -0.125. The summed E-state index contributed by atoms with van der Waals surface area (Å²) in [4.78, 5) is 19.5. The molecule has 1 amide bonds. The molecule has 1 aliphatic rings. The fraction of sp³-hybridized carbons (Fsp3) is 0.333. The second-order valence-corrected chi connectivity index (χ2v) is 7.88. The molecule has 0 atom stereocenters. The second-order valence-electron chi connectivity index (χ2n) is 6.87. The number of carbonyl (C=O) groups is 1. The molecule has 6 heteroatoms. The van der Waals surface area contributed by atoms with Gasteiger partial charge >= 0.3 is 0 Å². The van der Waals surface area contributed by atoms with Gasteiger partial charge in [-0.25, -0.2) is 9.37 Å². The lowest BCUT2D eigenvalue weighted by molar-refractivity contribution is -0.120. The van der Waals surface area contributed by atoms with Gasteiger partial charge in [-0.05, 0) is 49.1 Å². The van der Waals surface area contributed by atoms with Gasteiger partial charge in [0.05, 0.1) is 10.2 Å². The Morgan fingerprint density at radius 1 is 1.26 bits per heavy atom. The van der Waals surface area contributed by atoms with E-state index in [-0.39, 0.29) is 17.6 Å². The van der Waals surface area contributed by atoms with Crippen LogP contribution in [0.3, 0.4) is 0 Å². The number of para-hydroxylation sites is 1. The number of fused-ring (bicyclic) bond motifs is 1. The molecule has 4 nitrogen and oxygen atoms in total. The Hall–Kier alpha value is -2.47. The molecule has 4 rings (SSSR count). The van der Waals surface area contributed by atoms with E-state index in [9.17, 15) is 9.18 Å². The summed E-state index contributed by atoms with van der Waals surface area (Å²) in [6.45, 7) is 3.67. The van der Waals surface area contributed by atoms with Gasteiger partial charge in [-0.2, -0.15) is 0 Å². The number of amides is 1. The third-order valence-corrected chi connectivity index (χ3v) is 6.21. The summed E-state index contributed by atoms with van der Waals surface area (Å²) in [6.07, 6.45) is 2.49. The van der Waals surface area contributed by atoms with Crippen LogP contribution in [0.2, 0.25) is 0 Å². The van der Waals surface area contributed by atoms with Crippen molar-refractivity contribution in [1.82, 2.24) is 4.98 Å². The van der Waals surface area contributed by atoms with Crippen molar-refractivity contribution in [2.75, 3.05) is 23.3 Å². The number of piperidine rings is 1. The topological polar surface area (TPSA) is 45.2 Å². The van der Waals surface area contributed by atoms with Crippen molar-refractivity contribution in [3.63, 3.8) is 0 Å². The summed E-state index contributed by atoms with van der Waals surface area (Å²) in [6, 6.07) is 12.7. The number of nitrogens with zero attached hydrogens (tertiary/aromatic N) is 2. The maximum absolute atomic E-state index is 13.4. The molecule has 0 radical (unpaired) electrons. The smallest absolute Gasteiger partial charge is 0.227 e. The number of hydrogen-bond acceptors (Lipinski definition) is 4. The maximum atomic E-state index is 13.4. The third kappa shape index (κ3) is 3.81. The summed E-state index contributed by atoms with van der Waals surface area (Å²) < 4.78 is 14.2. The summed E-state index contributed by atoms with van der Waals surface area (Å²) in [5.41, 5.74) is 2.90. The first-order valence-electron chi connectivity index (χ1n) is 9.34. The Bertz CT molecular complexity index is 963. The first-order valence-corrected chi connectivity index (χ1v) is 10.2. The molecule has 1 aromatic heterocycles. The Morgan fingerprint density at radius 3 is 2.81 bits per heavy atom. The minimum Gasteiger partial charge on any atom is -0.348 e. The van der Waals surface area contributed by atoms with Crippen LogP contribution in [-0.4, -0.2) is 24.0 Å². The highest BCUT2D eigenvalue weighted by atomic mass is 32.1. The number of aromatic nitrogens is 1. The number of benzene rings is 2. The van der Waals surface area contributed by atoms with Gasteiger partial charge < -0.3 is 10.2 Å². The third-order valence-electron chi connectivity index (χ3n) is 5.13. The van der Waals surface area contributed by atoms with Gasteiger partial charge in [-0.15, -0.1) is 0 Å². The van der Waals surface area contributed by atoms with E-state index in [4.69, 9.17) is 0 Å². The van der Waals surface area contributed by atoms with Crippen LogP contribution < -0.4 is 10.2 Å². The average Bonchev–Trinajstić information content (AvgIpc) is 3.11. The number of carbonyl (C=O) groups excluding carboxylic acids is 1. The predicted octanol–water partition coefficient (Wildman–Crippen LogP) is 4.85. The van der Waals surface area contributed by atoms with E-state index in [2.05, 4.69) is 22.1 Å². The Labute approximate surface area is 162 Å². The number of nitrogens with one attached hydrogen (secondary N) is 1. The molecule has 1 aliphatic heterocycles. The van der Waals surface area contributed by atoms with Crippen LogP contribution in [0.1, 0.15) is 25.3 Å². The van der Waals surface area contributed by atoms with E-state index < -0.39 is 0 Å². The largest absolute Gasteiger partial charge is 0.348 e. The molecule has 27 heavy (non-hydrogen) atoms. The zero-order valence-corrected chi connectivity index (χ0v) is 16.1. The number of aryl methyl sites for hydroxylation is 1. The minimum absolute atomic E-state index is 0.0120. The lowest BCUT2D eigenvalue weighted by atomic mass is 9.96. The molecule has 1 fully saturated rings. The molecular weight excluding hydrogens is 361 g/mol. The number of halogens is 1. The number of hydrogen-bond donors (Lipinski definition) is 1. The van der Waals surface area contributed by atoms with Crippen molar-refractivity contribution in [1.29, 1.82) is 0 Å². The van der Waals surface area contributed by atoms with Gasteiger partial charge in [0.15, 0.2) is 5.13 Å². The van der Waals surface area contributed by atoms with Crippen molar-refractivity contribution in [2.24, 2.45) is 5.92 Å². The summed E-state index contributed by atoms with van der Waals surface area (Å²) in [7, 11) is 0. The molecule has 2 aromatic carbocycles. The molecule has 0 saturated carbocycles. The minimum atomic E-state index is -0.236. The highest BCUT2D eigenvalue weighted by Gasteiger charge is 2.26. The summed E-state index contributed by atoms with van der Waals surface area (Å²) in [5, 5.41) is 4.01. The zero-order valence-electron chi connectivity index (χ0n) is 15.2. The number of rotatable bonds is 4. The van der Waals surface area contributed by atoms with E-state index in [0.29, 0.717) is 0 Å². The van der Waals surface area contributed by atoms with Gasteiger partial charge in [-0.1, -0.05) is 36.5 Å². The van der Waals surface area contributed by atoms with Crippen LogP contribution in [0.4, 0.5) is 15.2 Å². The monoisotopic (exact) mass is 383 g/mol. The Morgan fingerprint density at radius 2 is 2.04 bits per heavy atom. The van der Waals surface area contributed by atoms with Crippen molar-refractivity contribution in [2.45, 2.75) is 26.2 Å². The maximum Gasteiger partial charge on any atom is 0.227 e. The van der Waals surface area contributed by atoms with Gasteiger partial charge in [-0.3, -0.25) is 4.79 Å². The van der Waals surface area contributed by atoms with Crippen LogP contribution in [0.25, 0.3) is 10.2 Å². The molecule has 0 bridgehead atoms. The molecule has 0 spiro atoms. The van der Waals surface area contributed by atoms with Gasteiger partial charge in [0.25, 0.3) is 0 Å². The predicted molar refractivity (Wildman–Crippen MR) is 109 cm³/mol. The fourth-order valence-electron chi connectivity index (χ4n) is 3.54. The lowest BCUT2D eigenvalue weighted by Crippen LogP contribution is -2.38. The van der Waals surface area contributed by atoms with Crippen molar-refractivity contribution in [3.8, 4) is 0 Å². The van der Waals surface area contributed by atoms with E-state index in [1.54, 1.807) is 6.07 Å². The quantitative estimate of drug-likeness (QED) is 0.700. The molecule has 140 valence electrons. The highest BCUT2D eigenvalue weighted by Crippen LogP contribution is 2.32. The first kappa shape index (κ1) is 17.9. The summed E-state index contributed by atoms with van der Waals surface area (Å²) >= 11 is 1.51. The van der Waals surface area contributed by atoms with Gasteiger partial charge in [0.1, 0.15) is 5.82 Å². The molecule has 1 saturated heterocycles. The zero-order chi connectivity index (χ0) is 18.8. The standard InChI is InChI=1S/C21H22FN3OS/c1-2-14-5-3-4-6-17(14)23-20(26)15-9-11-25(12-10-15)21-24-18-8-7-16(22)13-19(18)27-21/h3-8,13,15H,2,9-12H2,1H3,(H,23,26).